The van der Waals surface area contributed by atoms with Crippen molar-refractivity contribution in [2.75, 3.05) is 0 Å². The van der Waals surface area contributed by atoms with E-state index in [4.69, 9.17) is 4.74 Å². The SMILES string of the molecule is CCc1cccc(Oc2nc(C)ns2)c1. The number of aromatic nitrogens is 2. The molecule has 0 amide bonds. The molecule has 2 rings (SSSR count). The fourth-order valence-electron chi connectivity index (χ4n) is 1.25. The quantitative estimate of drug-likeness (QED) is 0.796. The van der Waals surface area contributed by atoms with Gasteiger partial charge in [0.2, 0.25) is 0 Å². The summed E-state index contributed by atoms with van der Waals surface area (Å²) in [6.45, 7) is 3.97. The van der Waals surface area contributed by atoms with Crippen molar-refractivity contribution in [2.45, 2.75) is 20.3 Å². The number of rotatable bonds is 3. The van der Waals surface area contributed by atoms with Gasteiger partial charge in [-0.2, -0.15) is 9.36 Å². The van der Waals surface area contributed by atoms with E-state index in [1.54, 1.807) is 0 Å². The summed E-state index contributed by atoms with van der Waals surface area (Å²) in [5.74, 6) is 1.58. The first-order valence-corrected chi connectivity index (χ1v) is 5.62. The molecule has 78 valence electrons. The molecule has 0 aliphatic rings. The molecule has 0 saturated carbocycles. The molecule has 0 unspecified atom stereocenters. The van der Waals surface area contributed by atoms with E-state index >= 15 is 0 Å². The van der Waals surface area contributed by atoms with Gasteiger partial charge >= 0.3 is 0 Å². The van der Waals surface area contributed by atoms with Crippen molar-refractivity contribution in [1.29, 1.82) is 0 Å². The van der Waals surface area contributed by atoms with Crippen LogP contribution in [0.4, 0.5) is 0 Å². The average molecular weight is 220 g/mol. The molecule has 0 aliphatic carbocycles. The normalized spacial score (nSPS) is 10.3. The second-order valence-corrected chi connectivity index (χ2v) is 3.92. The zero-order chi connectivity index (χ0) is 10.7. The third-order valence-electron chi connectivity index (χ3n) is 2.02. The number of benzene rings is 1. The maximum Gasteiger partial charge on any atom is 0.298 e. The van der Waals surface area contributed by atoms with Gasteiger partial charge in [0.15, 0.2) is 0 Å². The van der Waals surface area contributed by atoms with Gasteiger partial charge in [0.1, 0.15) is 11.6 Å². The number of aryl methyl sites for hydroxylation is 2. The predicted molar refractivity (Wildman–Crippen MR) is 60.5 cm³/mol. The molecule has 0 radical (unpaired) electrons. The van der Waals surface area contributed by atoms with E-state index in [1.807, 2.05) is 25.1 Å². The molecule has 0 aliphatic heterocycles. The van der Waals surface area contributed by atoms with E-state index in [2.05, 4.69) is 22.3 Å². The summed E-state index contributed by atoms with van der Waals surface area (Å²) >= 11 is 1.27. The Kier molecular flexibility index (Phi) is 2.97. The summed E-state index contributed by atoms with van der Waals surface area (Å²) in [6.07, 6.45) is 1.01. The third kappa shape index (κ3) is 2.53. The van der Waals surface area contributed by atoms with Crippen LogP contribution in [0.2, 0.25) is 0 Å². The summed E-state index contributed by atoms with van der Waals surface area (Å²) in [5.41, 5.74) is 1.26. The molecule has 0 N–H and O–H groups in total. The zero-order valence-corrected chi connectivity index (χ0v) is 9.54. The molecule has 15 heavy (non-hydrogen) atoms. The van der Waals surface area contributed by atoms with Gasteiger partial charge in [-0.05, 0) is 31.0 Å². The van der Waals surface area contributed by atoms with E-state index in [0.29, 0.717) is 5.19 Å². The molecule has 1 heterocycles. The van der Waals surface area contributed by atoms with Gasteiger partial charge in [-0.15, -0.1) is 0 Å². The Bertz CT molecular complexity index is 453. The topological polar surface area (TPSA) is 35.0 Å². The van der Waals surface area contributed by atoms with Crippen LogP contribution >= 0.6 is 11.5 Å². The molecule has 1 aromatic carbocycles. The van der Waals surface area contributed by atoms with Gasteiger partial charge in [0, 0.05) is 11.5 Å². The highest BCUT2D eigenvalue weighted by Crippen LogP contribution is 2.23. The van der Waals surface area contributed by atoms with E-state index in [0.717, 1.165) is 18.0 Å². The number of hydrogen-bond acceptors (Lipinski definition) is 4. The first-order valence-electron chi connectivity index (χ1n) is 4.85. The summed E-state index contributed by atoms with van der Waals surface area (Å²) < 4.78 is 9.65. The molecule has 1 aromatic heterocycles. The standard InChI is InChI=1S/C11H12N2OS/c1-3-9-5-4-6-10(7-9)14-11-12-8(2)13-15-11/h4-7H,3H2,1-2H3. The third-order valence-corrected chi connectivity index (χ3v) is 2.71. The second-order valence-electron chi connectivity index (χ2n) is 3.21. The van der Waals surface area contributed by atoms with Crippen molar-refractivity contribution in [3.05, 3.63) is 35.7 Å². The minimum absolute atomic E-state index is 0.598. The highest BCUT2D eigenvalue weighted by Gasteiger charge is 2.02. The van der Waals surface area contributed by atoms with Gasteiger partial charge < -0.3 is 4.74 Å². The fourth-order valence-corrected chi connectivity index (χ4v) is 1.81. The number of ether oxygens (including phenoxy) is 1. The Morgan fingerprint density at radius 3 is 2.93 bits per heavy atom. The molecule has 0 spiro atoms. The van der Waals surface area contributed by atoms with Crippen LogP contribution in [-0.4, -0.2) is 9.36 Å². The highest BCUT2D eigenvalue weighted by molar-refractivity contribution is 7.07. The summed E-state index contributed by atoms with van der Waals surface area (Å²) in [5, 5.41) is 0.598. The Morgan fingerprint density at radius 1 is 1.40 bits per heavy atom. The van der Waals surface area contributed by atoms with Crippen molar-refractivity contribution in [3.63, 3.8) is 0 Å². The molecular formula is C11H12N2OS. The molecule has 3 nitrogen and oxygen atoms in total. The lowest BCUT2D eigenvalue weighted by Crippen LogP contribution is -1.85. The maximum atomic E-state index is 5.59. The minimum Gasteiger partial charge on any atom is -0.430 e. The lowest BCUT2D eigenvalue weighted by Gasteiger charge is -2.02. The summed E-state index contributed by atoms with van der Waals surface area (Å²) in [4.78, 5) is 4.15. The van der Waals surface area contributed by atoms with E-state index in [9.17, 15) is 0 Å². The number of hydrogen-bond donors (Lipinski definition) is 0. The Morgan fingerprint density at radius 2 is 2.27 bits per heavy atom. The minimum atomic E-state index is 0.598. The van der Waals surface area contributed by atoms with Crippen LogP contribution in [0.5, 0.6) is 10.9 Å². The molecule has 0 fully saturated rings. The first-order chi connectivity index (χ1) is 7.28. The average Bonchev–Trinajstić information content (AvgIpc) is 2.64. The zero-order valence-electron chi connectivity index (χ0n) is 8.73. The maximum absolute atomic E-state index is 5.59. The van der Waals surface area contributed by atoms with Crippen LogP contribution in [0.25, 0.3) is 0 Å². The van der Waals surface area contributed by atoms with E-state index in [-0.39, 0.29) is 0 Å². The predicted octanol–water partition coefficient (Wildman–Crippen LogP) is 3.20. The molecule has 0 atom stereocenters. The monoisotopic (exact) mass is 220 g/mol. The van der Waals surface area contributed by atoms with Crippen LogP contribution in [0, 0.1) is 6.92 Å². The Balaban J connectivity index is 2.16. The summed E-state index contributed by atoms with van der Waals surface area (Å²) in [6, 6.07) is 8.02. The molecule has 0 saturated heterocycles. The van der Waals surface area contributed by atoms with Gasteiger partial charge in [-0.25, -0.2) is 0 Å². The smallest absolute Gasteiger partial charge is 0.298 e. The van der Waals surface area contributed by atoms with Crippen LogP contribution < -0.4 is 4.74 Å². The van der Waals surface area contributed by atoms with Crippen molar-refractivity contribution in [2.24, 2.45) is 0 Å². The van der Waals surface area contributed by atoms with Gasteiger partial charge in [-0.1, -0.05) is 19.1 Å². The van der Waals surface area contributed by atoms with Crippen molar-refractivity contribution in [1.82, 2.24) is 9.36 Å². The molecule has 4 heteroatoms. The van der Waals surface area contributed by atoms with Crippen LogP contribution in [0.1, 0.15) is 18.3 Å². The lowest BCUT2D eigenvalue weighted by molar-refractivity contribution is 0.477. The van der Waals surface area contributed by atoms with E-state index < -0.39 is 0 Å². The van der Waals surface area contributed by atoms with Crippen molar-refractivity contribution < 1.29 is 4.74 Å². The number of nitrogens with zero attached hydrogens (tertiary/aromatic N) is 2. The van der Waals surface area contributed by atoms with Crippen molar-refractivity contribution in [3.8, 4) is 10.9 Å². The summed E-state index contributed by atoms with van der Waals surface area (Å²) in [7, 11) is 0. The van der Waals surface area contributed by atoms with Gasteiger partial charge in [-0.3, -0.25) is 0 Å². The van der Waals surface area contributed by atoms with Crippen LogP contribution in [-0.2, 0) is 6.42 Å². The highest BCUT2D eigenvalue weighted by atomic mass is 32.1. The second kappa shape index (κ2) is 4.40. The fraction of sp³-hybridized carbons (Fsp3) is 0.273. The lowest BCUT2D eigenvalue weighted by atomic mass is 10.2. The first kappa shape index (κ1) is 10.1. The molecular weight excluding hydrogens is 208 g/mol. The Labute approximate surface area is 92.9 Å². The van der Waals surface area contributed by atoms with Gasteiger partial charge in [0.05, 0.1) is 0 Å². The largest absolute Gasteiger partial charge is 0.430 e. The van der Waals surface area contributed by atoms with Crippen LogP contribution in [0.3, 0.4) is 0 Å². The van der Waals surface area contributed by atoms with Crippen LogP contribution in [0.15, 0.2) is 24.3 Å². The van der Waals surface area contributed by atoms with Gasteiger partial charge in [0.25, 0.3) is 5.19 Å². The molecule has 0 bridgehead atoms. The van der Waals surface area contributed by atoms with Crippen molar-refractivity contribution >= 4 is 11.5 Å². The van der Waals surface area contributed by atoms with E-state index in [1.165, 1.54) is 17.1 Å². The Hall–Kier alpha value is -1.42. The molecule has 2 aromatic rings.